The lowest BCUT2D eigenvalue weighted by molar-refractivity contribution is 1.42. The lowest BCUT2D eigenvalue weighted by Gasteiger charge is -1.96. The molecule has 3 heteroatoms. The van der Waals surface area contributed by atoms with Gasteiger partial charge in [-0.15, -0.1) is 11.3 Å². The lowest BCUT2D eigenvalue weighted by atomic mass is 10.2. The van der Waals surface area contributed by atoms with Crippen molar-refractivity contribution in [2.75, 3.05) is 0 Å². The van der Waals surface area contributed by atoms with Crippen molar-refractivity contribution < 1.29 is 0 Å². The van der Waals surface area contributed by atoms with Crippen molar-refractivity contribution in [2.45, 2.75) is 6.92 Å². The third-order valence-corrected chi connectivity index (χ3v) is 3.80. The summed E-state index contributed by atoms with van der Waals surface area (Å²) in [7, 11) is 0. The predicted octanol–water partition coefficient (Wildman–Crippen LogP) is 4.86. The molecule has 0 aliphatic heterocycles. The topological polar surface area (TPSA) is 15.8 Å². The van der Waals surface area contributed by atoms with Gasteiger partial charge < -0.3 is 4.98 Å². The molecular formula is C13H10ClNS. The lowest BCUT2D eigenvalue weighted by Crippen LogP contribution is -1.76. The van der Waals surface area contributed by atoms with Gasteiger partial charge in [0.05, 0.1) is 10.6 Å². The normalized spacial score (nSPS) is 11.1. The van der Waals surface area contributed by atoms with Crippen LogP contribution in [0, 0.1) is 6.92 Å². The van der Waals surface area contributed by atoms with Gasteiger partial charge in [0, 0.05) is 15.9 Å². The molecule has 0 aliphatic rings. The molecule has 0 aliphatic carbocycles. The molecule has 0 fully saturated rings. The number of benzene rings is 1. The quantitative estimate of drug-likeness (QED) is 0.632. The average Bonchev–Trinajstić information content (AvgIpc) is 2.82. The molecular weight excluding hydrogens is 238 g/mol. The minimum Gasteiger partial charge on any atom is -0.354 e. The largest absolute Gasteiger partial charge is 0.354 e. The Hall–Kier alpha value is -1.25. The summed E-state index contributed by atoms with van der Waals surface area (Å²) in [6, 6.07) is 10.3. The number of aromatic amines is 1. The van der Waals surface area contributed by atoms with Crippen molar-refractivity contribution in [3.05, 3.63) is 46.3 Å². The summed E-state index contributed by atoms with van der Waals surface area (Å²) in [5.41, 5.74) is 3.52. The molecule has 0 radical (unpaired) electrons. The second kappa shape index (κ2) is 3.65. The van der Waals surface area contributed by atoms with Crippen molar-refractivity contribution in [1.29, 1.82) is 0 Å². The van der Waals surface area contributed by atoms with Gasteiger partial charge in [0.1, 0.15) is 0 Å². The van der Waals surface area contributed by atoms with E-state index in [1.54, 1.807) is 11.3 Å². The van der Waals surface area contributed by atoms with E-state index in [-0.39, 0.29) is 0 Å². The number of aromatic nitrogens is 1. The van der Waals surface area contributed by atoms with E-state index in [1.807, 2.05) is 12.1 Å². The fourth-order valence-corrected chi connectivity index (χ4v) is 2.92. The first-order valence-corrected chi connectivity index (χ1v) is 6.32. The van der Waals surface area contributed by atoms with Crippen LogP contribution < -0.4 is 0 Å². The Bertz CT molecular complexity index is 637. The van der Waals surface area contributed by atoms with Crippen molar-refractivity contribution in [1.82, 2.24) is 4.98 Å². The smallest absolute Gasteiger partial charge is 0.0566 e. The average molecular weight is 248 g/mol. The Balaban J connectivity index is 2.27. The molecule has 1 N–H and O–H groups in total. The van der Waals surface area contributed by atoms with Crippen LogP contribution in [0.1, 0.15) is 5.56 Å². The number of thiophene rings is 1. The Labute approximate surface area is 103 Å². The second-order valence-electron chi connectivity index (χ2n) is 3.85. The number of H-pyrrole nitrogens is 1. The molecule has 3 aromatic rings. The van der Waals surface area contributed by atoms with Gasteiger partial charge in [-0.25, -0.2) is 0 Å². The van der Waals surface area contributed by atoms with Crippen LogP contribution in [-0.4, -0.2) is 4.98 Å². The molecule has 0 saturated carbocycles. The first-order chi connectivity index (χ1) is 7.74. The molecule has 0 unspecified atom stereocenters. The molecule has 16 heavy (non-hydrogen) atoms. The number of halogens is 1. The van der Waals surface area contributed by atoms with Crippen molar-refractivity contribution in [3.63, 3.8) is 0 Å². The van der Waals surface area contributed by atoms with E-state index in [0.717, 1.165) is 10.7 Å². The monoisotopic (exact) mass is 247 g/mol. The summed E-state index contributed by atoms with van der Waals surface area (Å²) in [4.78, 5) is 4.70. The molecule has 3 rings (SSSR count). The highest BCUT2D eigenvalue weighted by atomic mass is 35.5. The van der Waals surface area contributed by atoms with Gasteiger partial charge >= 0.3 is 0 Å². The zero-order chi connectivity index (χ0) is 11.1. The molecule has 0 atom stereocenters. The van der Waals surface area contributed by atoms with Crippen LogP contribution in [-0.2, 0) is 0 Å². The number of fused-ring (bicyclic) bond motifs is 1. The summed E-state index contributed by atoms with van der Waals surface area (Å²) in [5, 5.41) is 4.05. The molecule has 0 spiro atoms. The predicted molar refractivity (Wildman–Crippen MR) is 71.4 cm³/mol. The van der Waals surface area contributed by atoms with Crippen LogP contribution in [0.4, 0.5) is 0 Å². The van der Waals surface area contributed by atoms with Crippen LogP contribution in [0.5, 0.6) is 0 Å². The van der Waals surface area contributed by atoms with Gasteiger partial charge in [-0.3, -0.25) is 0 Å². The number of aryl methyl sites for hydroxylation is 1. The third kappa shape index (κ3) is 1.55. The molecule has 0 bridgehead atoms. The maximum atomic E-state index is 6.05. The van der Waals surface area contributed by atoms with Gasteiger partial charge in [0.15, 0.2) is 0 Å². The number of hydrogen-bond donors (Lipinski definition) is 1. The maximum absolute atomic E-state index is 6.05. The zero-order valence-corrected chi connectivity index (χ0v) is 10.3. The van der Waals surface area contributed by atoms with Crippen molar-refractivity contribution >= 4 is 33.8 Å². The Morgan fingerprint density at radius 3 is 2.88 bits per heavy atom. The fourth-order valence-electron chi connectivity index (χ4n) is 1.94. The van der Waals surface area contributed by atoms with E-state index < -0.39 is 0 Å². The molecule has 80 valence electrons. The molecule has 0 amide bonds. The van der Waals surface area contributed by atoms with Crippen LogP contribution in [0.3, 0.4) is 0 Å². The minimum absolute atomic E-state index is 0.793. The Morgan fingerprint density at radius 1 is 1.25 bits per heavy atom. The van der Waals surface area contributed by atoms with Crippen molar-refractivity contribution in [3.8, 4) is 10.6 Å². The first kappa shape index (κ1) is 9.94. The molecule has 1 aromatic carbocycles. The van der Waals surface area contributed by atoms with Gasteiger partial charge in [-0.2, -0.15) is 0 Å². The highest BCUT2D eigenvalue weighted by Gasteiger charge is 2.06. The molecule has 2 aromatic heterocycles. The van der Waals surface area contributed by atoms with Crippen LogP contribution in [0.15, 0.2) is 35.7 Å². The number of nitrogens with one attached hydrogen (secondary N) is 1. The summed E-state index contributed by atoms with van der Waals surface area (Å²) in [5.74, 6) is 0. The zero-order valence-electron chi connectivity index (χ0n) is 8.75. The van der Waals surface area contributed by atoms with E-state index >= 15 is 0 Å². The minimum atomic E-state index is 0.793. The van der Waals surface area contributed by atoms with E-state index in [4.69, 9.17) is 11.6 Å². The molecule has 1 nitrogen and oxygen atoms in total. The van der Waals surface area contributed by atoms with Gasteiger partial charge in [-0.1, -0.05) is 17.7 Å². The standard InChI is InChI=1S/C13H10ClNS/c1-8-5-10(14)6-9-7-11(15-13(8)9)12-3-2-4-16-12/h2-7,15H,1H3. The first-order valence-electron chi connectivity index (χ1n) is 5.07. The number of hydrogen-bond acceptors (Lipinski definition) is 1. The van der Waals surface area contributed by atoms with Gasteiger partial charge in [-0.05, 0) is 42.1 Å². The van der Waals surface area contributed by atoms with E-state index in [9.17, 15) is 0 Å². The summed E-state index contributed by atoms with van der Waals surface area (Å²) >= 11 is 7.78. The van der Waals surface area contributed by atoms with E-state index in [2.05, 4.69) is 35.5 Å². The fraction of sp³-hybridized carbons (Fsp3) is 0.0769. The van der Waals surface area contributed by atoms with Crippen LogP contribution in [0.2, 0.25) is 5.02 Å². The summed E-state index contributed by atoms with van der Waals surface area (Å²) < 4.78 is 0. The Kier molecular flexibility index (Phi) is 2.27. The van der Waals surface area contributed by atoms with Crippen molar-refractivity contribution in [2.24, 2.45) is 0 Å². The van der Waals surface area contributed by atoms with E-state index in [1.165, 1.54) is 21.3 Å². The van der Waals surface area contributed by atoms with Gasteiger partial charge in [0.25, 0.3) is 0 Å². The molecule has 0 saturated heterocycles. The molecule has 2 heterocycles. The van der Waals surface area contributed by atoms with Crippen LogP contribution in [0.25, 0.3) is 21.5 Å². The van der Waals surface area contributed by atoms with Gasteiger partial charge in [0.2, 0.25) is 0 Å². The highest BCUT2D eigenvalue weighted by molar-refractivity contribution is 7.13. The Morgan fingerprint density at radius 2 is 2.12 bits per heavy atom. The summed E-state index contributed by atoms with van der Waals surface area (Å²) in [6.45, 7) is 2.07. The second-order valence-corrected chi connectivity index (χ2v) is 5.23. The SMILES string of the molecule is Cc1cc(Cl)cc2cc(-c3cccs3)[nH]c12. The van der Waals surface area contributed by atoms with E-state index in [0.29, 0.717) is 0 Å². The highest BCUT2D eigenvalue weighted by Crippen LogP contribution is 2.30. The third-order valence-electron chi connectivity index (χ3n) is 2.68. The number of rotatable bonds is 1. The summed E-state index contributed by atoms with van der Waals surface area (Å²) in [6.07, 6.45) is 0. The maximum Gasteiger partial charge on any atom is 0.0566 e. The van der Waals surface area contributed by atoms with Crippen LogP contribution >= 0.6 is 22.9 Å².